The Labute approximate surface area is 123 Å². The van der Waals surface area contributed by atoms with Gasteiger partial charge in [0.1, 0.15) is 0 Å². The molecule has 0 spiro atoms. The fourth-order valence-electron chi connectivity index (χ4n) is 1.51. The minimum absolute atomic E-state index is 0.646. The quantitative estimate of drug-likeness (QED) is 0.473. The summed E-state index contributed by atoms with van der Waals surface area (Å²) in [6.07, 6.45) is 0. The Kier molecular flexibility index (Phi) is 6.80. The lowest BCUT2D eigenvalue weighted by Gasteiger charge is -2.05. The van der Waals surface area contributed by atoms with Crippen molar-refractivity contribution in [2.45, 2.75) is 42.7 Å². The summed E-state index contributed by atoms with van der Waals surface area (Å²) in [5.74, 6) is 0. The zero-order valence-electron chi connectivity index (χ0n) is 11.5. The molecule has 0 fully saturated rings. The molecule has 2 aromatic rings. The fraction of sp³-hybridized carbons (Fsp3) is 0.375. The van der Waals surface area contributed by atoms with E-state index in [1.807, 2.05) is 11.8 Å². The molecule has 2 rings (SSSR count). The monoisotopic (exact) mass is 324 g/mol. The highest BCUT2D eigenvalue weighted by Crippen LogP contribution is 2.26. The van der Waals surface area contributed by atoms with Gasteiger partial charge in [0.25, 0.3) is 0 Å². The normalized spacial score (nSPS) is 10.6. The number of thioether (sulfide) groups is 1. The molecule has 0 heterocycles. The van der Waals surface area contributed by atoms with Gasteiger partial charge in [-0.25, -0.2) is 0 Å². The van der Waals surface area contributed by atoms with E-state index in [2.05, 4.69) is 86.1 Å². The molecule has 0 aliphatic carbocycles. The maximum atomic E-state index is 3.27. The summed E-state index contributed by atoms with van der Waals surface area (Å²) in [7, 11) is 0. The summed E-state index contributed by atoms with van der Waals surface area (Å²) in [6.45, 7) is 8.61. The van der Waals surface area contributed by atoms with Gasteiger partial charge in [-0.15, -0.1) is 11.8 Å². The smallest absolute Gasteiger partial charge is 0.00888 e. The molecule has 0 bridgehead atoms. The van der Waals surface area contributed by atoms with Gasteiger partial charge in [-0.3, -0.25) is 0 Å². The van der Waals surface area contributed by atoms with Gasteiger partial charge in [-0.05, 0) is 22.9 Å². The van der Waals surface area contributed by atoms with E-state index in [-0.39, 0.29) is 0 Å². The van der Waals surface area contributed by atoms with Crippen LogP contribution < -0.4 is 0 Å². The van der Waals surface area contributed by atoms with Crippen LogP contribution in [0, 0.1) is 0 Å². The third kappa shape index (κ3) is 5.92. The van der Waals surface area contributed by atoms with Gasteiger partial charge in [0.15, 0.2) is 0 Å². The minimum Gasteiger partial charge on any atom is -0.123 e. The standard InChI is InChI=1S/C13H14S.C3H7Br/c1-10(2)14-13-8-7-11-5-3-4-6-12(11)9-13;1-3(2)4/h3-10H,1-2H3;3H,1-2H3. The average Bonchev–Trinajstić information content (AvgIpc) is 2.27. The van der Waals surface area contributed by atoms with Crippen LogP contribution in [-0.4, -0.2) is 10.1 Å². The van der Waals surface area contributed by atoms with Crippen molar-refractivity contribution in [1.29, 1.82) is 0 Å². The zero-order chi connectivity index (χ0) is 13.5. The van der Waals surface area contributed by atoms with E-state index in [1.165, 1.54) is 15.7 Å². The Hall–Kier alpha value is -0.470. The molecule has 0 radical (unpaired) electrons. The second kappa shape index (κ2) is 7.85. The Balaban J connectivity index is 0.000000357. The van der Waals surface area contributed by atoms with Crippen LogP contribution in [0.1, 0.15) is 27.7 Å². The van der Waals surface area contributed by atoms with Crippen LogP contribution in [0.4, 0.5) is 0 Å². The Morgan fingerprint density at radius 2 is 1.44 bits per heavy atom. The molecule has 2 heteroatoms. The predicted octanol–water partition coefficient (Wildman–Crippen LogP) is 6.13. The summed E-state index contributed by atoms with van der Waals surface area (Å²) in [5, 5.41) is 3.30. The molecule has 0 unspecified atom stereocenters. The summed E-state index contributed by atoms with van der Waals surface area (Å²) in [4.78, 5) is 2.01. The van der Waals surface area contributed by atoms with Crippen LogP contribution in [0.2, 0.25) is 0 Å². The molecule has 0 aliphatic heterocycles. The molecule has 0 amide bonds. The predicted molar refractivity (Wildman–Crippen MR) is 89.0 cm³/mol. The number of hydrogen-bond donors (Lipinski definition) is 0. The van der Waals surface area contributed by atoms with Gasteiger partial charge in [0.2, 0.25) is 0 Å². The summed E-state index contributed by atoms with van der Waals surface area (Å²) in [6, 6.07) is 15.1. The van der Waals surface area contributed by atoms with Gasteiger partial charge >= 0.3 is 0 Å². The van der Waals surface area contributed by atoms with Crippen LogP contribution in [0.5, 0.6) is 0 Å². The molecule has 2 aromatic carbocycles. The maximum absolute atomic E-state index is 3.27. The van der Waals surface area contributed by atoms with Crippen molar-refractivity contribution in [2.75, 3.05) is 0 Å². The van der Waals surface area contributed by atoms with Crippen LogP contribution in [-0.2, 0) is 0 Å². The first-order valence-electron chi connectivity index (χ1n) is 6.28. The van der Waals surface area contributed by atoms with E-state index in [0.717, 1.165) is 0 Å². The minimum atomic E-state index is 0.646. The van der Waals surface area contributed by atoms with E-state index in [0.29, 0.717) is 10.1 Å². The Morgan fingerprint density at radius 3 is 2.00 bits per heavy atom. The average molecular weight is 325 g/mol. The number of rotatable bonds is 2. The molecule has 0 nitrogen and oxygen atoms in total. The highest BCUT2D eigenvalue weighted by Gasteiger charge is 1.99. The summed E-state index contributed by atoms with van der Waals surface area (Å²) < 4.78 is 0. The summed E-state index contributed by atoms with van der Waals surface area (Å²) in [5.41, 5.74) is 0. The molecule has 0 atom stereocenters. The lowest BCUT2D eigenvalue weighted by atomic mass is 10.1. The topological polar surface area (TPSA) is 0 Å². The first-order chi connectivity index (χ1) is 8.49. The fourth-order valence-corrected chi connectivity index (χ4v) is 2.40. The highest BCUT2D eigenvalue weighted by molar-refractivity contribution is 9.09. The second-order valence-electron chi connectivity index (χ2n) is 4.69. The molecule has 0 aromatic heterocycles. The van der Waals surface area contributed by atoms with Gasteiger partial charge in [0.05, 0.1) is 0 Å². The number of hydrogen-bond acceptors (Lipinski definition) is 1. The van der Waals surface area contributed by atoms with Gasteiger partial charge in [0, 0.05) is 15.0 Å². The van der Waals surface area contributed by atoms with Gasteiger partial charge in [-0.2, -0.15) is 0 Å². The largest absolute Gasteiger partial charge is 0.123 e. The van der Waals surface area contributed by atoms with Gasteiger partial charge in [-0.1, -0.05) is 74.0 Å². The lowest BCUT2D eigenvalue weighted by Crippen LogP contribution is -1.85. The highest BCUT2D eigenvalue weighted by atomic mass is 79.9. The molecular formula is C16H21BrS. The van der Waals surface area contributed by atoms with E-state index < -0.39 is 0 Å². The van der Waals surface area contributed by atoms with Crippen molar-refractivity contribution >= 4 is 38.5 Å². The number of benzene rings is 2. The Morgan fingerprint density at radius 1 is 0.889 bits per heavy atom. The first kappa shape index (κ1) is 15.6. The molecule has 0 saturated heterocycles. The third-order valence-electron chi connectivity index (χ3n) is 2.09. The second-order valence-corrected chi connectivity index (χ2v) is 8.17. The SMILES string of the molecule is CC(C)Br.CC(C)Sc1ccc2ccccc2c1. The Bertz CT molecular complexity index is 474. The number of alkyl halides is 1. The third-order valence-corrected chi connectivity index (χ3v) is 3.09. The zero-order valence-corrected chi connectivity index (χ0v) is 13.9. The van der Waals surface area contributed by atoms with Crippen molar-refractivity contribution in [3.8, 4) is 0 Å². The molecule has 18 heavy (non-hydrogen) atoms. The molecule has 98 valence electrons. The molecule has 0 saturated carbocycles. The van der Waals surface area contributed by atoms with Crippen LogP contribution >= 0.6 is 27.7 Å². The van der Waals surface area contributed by atoms with E-state index in [1.54, 1.807) is 0 Å². The first-order valence-corrected chi connectivity index (χ1v) is 8.08. The van der Waals surface area contributed by atoms with Crippen molar-refractivity contribution in [1.82, 2.24) is 0 Å². The van der Waals surface area contributed by atoms with Crippen molar-refractivity contribution in [3.63, 3.8) is 0 Å². The van der Waals surface area contributed by atoms with Crippen molar-refractivity contribution in [3.05, 3.63) is 42.5 Å². The van der Waals surface area contributed by atoms with E-state index in [9.17, 15) is 0 Å². The van der Waals surface area contributed by atoms with Crippen molar-refractivity contribution in [2.24, 2.45) is 0 Å². The van der Waals surface area contributed by atoms with E-state index in [4.69, 9.17) is 0 Å². The van der Waals surface area contributed by atoms with E-state index >= 15 is 0 Å². The van der Waals surface area contributed by atoms with Crippen LogP contribution in [0.25, 0.3) is 10.8 Å². The van der Waals surface area contributed by atoms with Crippen LogP contribution in [0.15, 0.2) is 47.4 Å². The maximum Gasteiger partial charge on any atom is 0.00888 e. The molecule has 0 aliphatic rings. The lowest BCUT2D eigenvalue weighted by molar-refractivity contribution is 1.11. The van der Waals surface area contributed by atoms with Crippen molar-refractivity contribution < 1.29 is 0 Å². The number of fused-ring (bicyclic) bond motifs is 1. The van der Waals surface area contributed by atoms with Crippen LogP contribution in [0.3, 0.4) is 0 Å². The van der Waals surface area contributed by atoms with Gasteiger partial charge < -0.3 is 0 Å². The summed E-state index contributed by atoms with van der Waals surface area (Å²) >= 11 is 5.18. The molecular weight excluding hydrogens is 304 g/mol. The molecule has 0 N–H and O–H groups in total. The number of halogens is 1.